The number of hydrogen-bond acceptors (Lipinski definition) is 9. The maximum atomic E-state index is 10.4. The van der Waals surface area contributed by atoms with Crippen molar-refractivity contribution >= 4 is 23.5 Å². The van der Waals surface area contributed by atoms with Gasteiger partial charge in [-0.25, -0.2) is 0 Å². The zero-order valence-corrected chi connectivity index (χ0v) is 18.4. The van der Waals surface area contributed by atoms with Crippen molar-refractivity contribution in [3.63, 3.8) is 0 Å². The second kappa shape index (κ2) is 13.9. The summed E-state index contributed by atoms with van der Waals surface area (Å²) in [5.74, 6) is -2.72. The average molecular weight is 486 g/mol. The number of carbonyl (C=O) groups excluding carboxylic acids is 2. The highest BCUT2D eigenvalue weighted by molar-refractivity contribution is 6.14. The third-order valence-electron chi connectivity index (χ3n) is 4.35. The number of phenolic OH excluding ortho intramolecular Hbond substituents is 3. The molecule has 2 atom stereocenters. The number of carboxylic acids is 2. The number of carboxylic acid groups (broad SMARTS) is 2. The highest BCUT2D eigenvalue weighted by Gasteiger charge is 2.13. The maximum Gasteiger partial charge on any atom is 0.320 e. The SMILES string of the molecule is NC(Cc1ccc(O)c(O)c1)C(=O)O.N[C@@H](Cc1ccc(O)cc1)C(=O)O.O=C1C=CC(=O)C=C1. The van der Waals surface area contributed by atoms with Crippen molar-refractivity contribution in [3.05, 3.63) is 77.9 Å². The first kappa shape index (κ1) is 28.6. The Kier molecular flexibility index (Phi) is 11.4. The largest absolute Gasteiger partial charge is 0.508 e. The van der Waals surface area contributed by atoms with Gasteiger partial charge < -0.3 is 37.0 Å². The quantitative estimate of drug-likeness (QED) is 0.222. The molecule has 0 bridgehead atoms. The second-order valence-electron chi connectivity index (χ2n) is 7.26. The van der Waals surface area contributed by atoms with E-state index in [0.29, 0.717) is 5.56 Å². The molecule has 0 spiro atoms. The lowest BCUT2D eigenvalue weighted by atomic mass is 10.1. The molecule has 0 amide bonds. The summed E-state index contributed by atoms with van der Waals surface area (Å²) >= 11 is 0. The van der Waals surface area contributed by atoms with Gasteiger partial charge in [0.25, 0.3) is 0 Å². The third kappa shape index (κ3) is 11.3. The number of allylic oxidation sites excluding steroid dienone is 4. The average Bonchev–Trinajstić information content (AvgIpc) is 2.80. The van der Waals surface area contributed by atoms with Gasteiger partial charge in [0.1, 0.15) is 17.8 Å². The van der Waals surface area contributed by atoms with Crippen LogP contribution in [0, 0.1) is 0 Å². The van der Waals surface area contributed by atoms with Crippen molar-refractivity contribution in [3.8, 4) is 17.2 Å². The topological polar surface area (TPSA) is 221 Å². The fourth-order valence-electron chi connectivity index (χ4n) is 2.45. The lowest BCUT2D eigenvalue weighted by Crippen LogP contribution is -2.32. The van der Waals surface area contributed by atoms with Crippen LogP contribution < -0.4 is 11.5 Å². The minimum atomic E-state index is -1.10. The Labute approximate surface area is 200 Å². The summed E-state index contributed by atoms with van der Waals surface area (Å²) in [5, 5.41) is 44.1. The van der Waals surface area contributed by atoms with Gasteiger partial charge in [-0.3, -0.25) is 19.2 Å². The predicted molar refractivity (Wildman–Crippen MR) is 125 cm³/mol. The number of ketones is 2. The molecule has 0 aromatic heterocycles. The van der Waals surface area contributed by atoms with Gasteiger partial charge in [0.2, 0.25) is 0 Å². The molecule has 1 aliphatic rings. The molecule has 35 heavy (non-hydrogen) atoms. The van der Waals surface area contributed by atoms with E-state index in [2.05, 4.69) is 0 Å². The minimum absolute atomic E-state index is 0.114. The standard InChI is InChI=1S/C9H11NO4.C9H11NO3.C6H4O2/c10-6(9(13)14)3-5-1-2-7(11)8(12)4-5;10-8(9(12)13)5-6-1-3-7(11)4-2-6;7-5-1-2-6(8)4-3-5/h1-2,4,6,11-12H,3,10H2,(H,13,14);1-4,8,11H,5,10H2,(H,12,13);1-4H/t;8-;/m.0./s1. The van der Waals surface area contributed by atoms with E-state index in [-0.39, 0.29) is 41.7 Å². The summed E-state index contributed by atoms with van der Waals surface area (Å²) in [4.78, 5) is 41.4. The fraction of sp³-hybridized carbons (Fsp3) is 0.167. The summed E-state index contributed by atoms with van der Waals surface area (Å²) in [5.41, 5.74) is 12.0. The Morgan fingerprint density at radius 3 is 1.46 bits per heavy atom. The third-order valence-corrected chi connectivity index (χ3v) is 4.35. The molecule has 0 aliphatic heterocycles. The molecule has 0 heterocycles. The summed E-state index contributed by atoms with van der Waals surface area (Å²) in [6.07, 6.45) is 5.40. The lowest BCUT2D eigenvalue weighted by molar-refractivity contribution is -0.139. The van der Waals surface area contributed by atoms with E-state index in [1.165, 1.54) is 54.6 Å². The number of rotatable bonds is 6. The molecule has 3 rings (SSSR count). The van der Waals surface area contributed by atoms with E-state index >= 15 is 0 Å². The Hall–Kier alpha value is -4.48. The minimum Gasteiger partial charge on any atom is -0.508 e. The zero-order chi connectivity index (χ0) is 26.5. The molecule has 0 radical (unpaired) electrons. The van der Waals surface area contributed by atoms with Gasteiger partial charge in [0, 0.05) is 0 Å². The highest BCUT2D eigenvalue weighted by Crippen LogP contribution is 2.25. The summed E-state index contributed by atoms with van der Waals surface area (Å²) in [6, 6.07) is 8.52. The first-order valence-corrected chi connectivity index (χ1v) is 10.1. The highest BCUT2D eigenvalue weighted by atomic mass is 16.4. The Morgan fingerprint density at radius 2 is 1.06 bits per heavy atom. The van der Waals surface area contributed by atoms with E-state index in [1.54, 1.807) is 12.1 Å². The predicted octanol–water partition coefficient (Wildman–Crippen LogP) is 0.649. The van der Waals surface area contributed by atoms with Crippen LogP contribution in [-0.4, -0.2) is 61.1 Å². The number of hydrogen-bond donors (Lipinski definition) is 7. The van der Waals surface area contributed by atoms with Crippen LogP contribution in [-0.2, 0) is 32.0 Å². The first-order chi connectivity index (χ1) is 16.4. The van der Waals surface area contributed by atoms with Crippen molar-refractivity contribution < 1.29 is 44.7 Å². The molecule has 0 fully saturated rings. The fourth-order valence-corrected chi connectivity index (χ4v) is 2.45. The van der Waals surface area contributed by atoms with Crippen molar-refractivity contribution in [2.75, 3.05) is 0 Å². The molecular formula is C24H26N2O9. The summed E-state index contributed by atoms with van der Waals surface area (Å²) in [7, 11) is 0. The van der Waals surface area contributed by atoms with Gasteiger partial charge >= 0.3 is 11.9 Å². The van der Waals surface area contributed by atoms with Gasteiger partial charge in [-0.05, 0) is 72.5 Å². The Balaban J connectivity index is 0.000000272. The van der Waals surface area contributed by atoms with Crippen molar-refractivity contribution in [1.29, 1.82) is 0 Å². The second-order valence-corrected chi connectivity index (χ2v) is 7.26. The molecule has 2 aromatic rings. The molecule has 186 valence electrons. The van der Waals surface area contributed by atoms with E-state index in [0.717, 1.165) is 5.56 Å². The number of nitrogens with two attached hydrogens (primary N) is 2. The van der Waals surface area contributed by atoms with Crippen LogP contribution in [0.15, 0.2) is 66.8 Å². The van der Waals surface area contributed by atoms with Crippen molar-refractivity contribution in [2.24, 2.45) is 11.5 Å². The zero-order valence-electron chi connectivity index (χ0n) is 18.4. The normalized spacial score (nSPS) is 13.5. The number of benzene rings is 2. The molecule has 11 heteroatoms. The molecule has 1 unspecified atom stereocenters. The number of aromatic hydroxyl groups is 3. The maximum absolute atomic E-state index is 10.4. The van der Waals surface area contributed by atoms with Gasteiger partial charge in [-0.15, -0.1) is 0 Å². The lowest BCUT2D eigenvalue weighted by Gasteiger charge is -2.06. The van der Waals surface area contributed by atoms with Crippen LogP contribution in [0.1, 0.15) is 11.1 Å². The molecule has 0 saturated carbocycles. The van der Waals surface area contributed by atoms with Gasteiger partial charge in [-0.2, -0.15) is 0 Å². The van der Waals surface area contributed by atoms with Crippen LogP contribution in [0.25, 0.3) is 0 Å². The van der Waals surface area contributed by atoms with Gasteiger partial charge in [0.15, 0.2) is 23.1 Å². The van der Waals surface area contributed by atoms with Crippen LogP contribution in [0.5, 0.6) is 17.2 Å². The molecule has 1 aliphatic carbocycles. The van der Waals surface area contributed by atoms with E-state index in [4.69, 9.17) is 37.0 Å². The monoisotopic (exact) mass is 486 g/mol. The van der Waals surface area contributed by atoms with Crippen LogP contribution in [0.3, 0.4) is 0 Å². The summed E-state index contributed by atoms with van der Waals surface area (Å²) < 4.78 is 0. The number of carbonyl (C=O) groups is 4. The first-order valence-electron chi connectivity index (χ1n) is 10.1. The van der Waals surface area contributed by atoms with Crippen molar-refractivity contribution in [2.45, 2.75) is 24.9 Å². The van der Waals surface area contributed by atoms with Crippen LogP contribution >= 0.6 is 0 Å². The molecule has 2 aromatic carbocycles. The molecular weight excluding hydrogens is 460 g/mol. The Bertz CT molecular complexity index is 1070. The van der Waals surface area contributed by atoms with Gasteiger partial charge in [0.05, 0.1) is 0 Å². The van der Waals surface area contributed by atoms with Crippen molar-refractivity contribution in [1.82, 2.24) is 0 Å². The number of aliphatic carboxylic acids is 2. The molecule has 11 nitrogen and oxygen atoms in total. The molecule has 0 saturated heterocycles. The Morgan fingerprint density at radius 1 is 0.657 bits per heavy atom. The van der Waals surface area contributed by atoms with E-state index < -0.39 is 24.0 Å². The van der Waals surface area contributed by atoms with E-state index in [1.807, 2.05) is 0 Å². The summed E-state index contributed by atoms with van der Waals surface area (Å²) in [6.45, 7) is 0. The molecule has 9 N–H and O–H groups in total. The van der Waals surface area contributed by atoms with Crippen LogP contribution in [0.4, 0.5) is 0 Å². The van der Waals surface area contributed by atoms with Crippen LogP contribution in [0.2, 0.25) is 0 Å². The number of phenols is 3. The van der Waals surface area contributed by atoms with E-state index in [9.17, 15) is 19.2 Å². The smallest absolute Gasteiger partial charge is 0.320 e. The van der Waals surface area contributed by atoms with Gasteiger partial charge in [-0.1, -0.05) is 18.2 Å².